The van der Waals surface area contributed by atoms with Crippen molar-refractivity contribution in [2.24, 2.45) is 0 Å². The molecule has 7 nitrogen and oxygen atoms in total. The van der Waals surface area contributed by atoms with Crippen LogP contribution < -0.4 is 14.2 Å². The minimum absolute atomic E-state index is 0.0611. The normalized spacial score (nSPS) is 11.0. The highest BCUT2D eigenvalue weighted by Crippen LogP contribution is 2.27. The van der Waals surface area contributed by atoms with Gasteiger partial charge in [0.15, 0.2) is 11.5 Å². The standard InChI is InChI=1S/C18H21NO6S/c1-4-25-18(20)14-6-8-15(9-7-14)26(21,22)19-12-13-5-10-16(23-2)17(11-13)24-3/h5-11,19H,4,12H2,1-3H3. The molecule has 26 heavy (non-hydrogen) atoms. The molecule has 0 fully saturated rings. The molecule has 2 rings (SSSR count). The van der Waals surface area contributed by atoms with Gasteiger partial charge in [0.1, 0.15) is 0 Å². The lowest BCUT2D eigenvalue weighted by Crippen LogP contribution is -2.23. The van der Waals surface area contributed by atoms with Crippen LogP contribution in [0.4, 0.5) is 0 Å². The highest BCUT2D eigenvalue weighted by molar-refractivity contribution is 7.89. The van der Waals surface area contributed by atoms with Gasteiger partial charge in [0.2, 0.25) is 10.0 Å². The fraction of sp³-hybridized carbons (Fsp3) is 0.278. The van der Waals surface area contributed by atoms with E-state index in [2.05, 4.69) is 4.72 Å². The van der Waals surface area contributed by atoms with E-state index in [-0.39, 0.29) is 18.0 Å². The van der Waals surface area contributed by atoms with Gasteiger partial charge in [0.25, 0.3) is 0 Å². The summed E-state index contributed by atoms with van der Waals surface area (Å²) in [7, 11) is -0.684. The molecule has 8 heteroatoms. The maximum atomic E-state index is 12.4. The summed E-state index contributed by atoms with van der Waals surface area (Å²) in [5.41, 5.74) is 1.01. The van der Waals surface area contributed by atoms with Crippen molar-refractivity contribution in [3.63, 3.8) is 0 Å². The van der Waals surface area contributed by atoms with Crippen molar-refractivity contribution in [2.75, 3.05) is 20.8 Å². The number of esters is 1. The first-order chi connectivity index (χ1) is 12.4. The second-order valence-corrected chi connectivity index (χ2v) is 7.03. The number of carbonyl (C=O) groups is 1. The van der Waals surface area contributed by atoms with Gasteiger partial charge in [0, 0.05) is 6.54 Å². The van der Waals surface area contributed by atoms with Crippen molar-refractivity contribution in [3.05, 3.63) is 53.6 Å². The molecule has 0 unspecified atom stereocenters. The fourth-order valence-corrected chi connectivity index (χ4v) is 3.25. The van der Waals surface area contributed by atoms with Crippen molar-refractivity contribution in [3.8, 4) is 11.5 Å². The summed E-state index contributed by atoms with van der Waals surface area (Å²) in [4.78, 5) is 11.7. The average molecular weight is 379 g/mol. The van der Waals surface area contributed by atoms with Crippen molar-refractivity contribution in [1.29, 1.82) is 0 Å². The van der Waals surface area contributed by atoms with Crippen LogP contribution in [0.1, 0.15) is 22.8 Å². The van der Waals surface area contributed by atoms with Crippen molar-refractivity contribution < 1.29 is 27.4 Å². The fourth-order valence-electron chi connectivity index (χ4n) is 2.24. The molecule has 2 aromatic carbocycles. The molecule has 0 aliphatic rings. The highest BCUT2D eigenvalue weighted by atomic mass is 32.2. The predicted octanol–water partition coefficient (Wildman–Crippen LogP) is 2.36. The molecule has 0 saturated heterocycles. The molecule has 0 aliphatic heterocycles. The maximum Gasteiger partial charge on any atom is 0.338 e. The molecule has 0 spiro atoms. The first kappa shape index (κ1) is 19.7. The molecular formula is C18H21NO6S. The van der Waals surface area contributed by atoms with Crippen LogP contribution in [0.2, 0.25) is 0 Å². The molecule has 0 atom stereocenters. The summed E-state index contributed by atoms with van der Waals surface area (Å²) in [5, 5.41) is 0. The first-order valence-electron chi connectivity index (χ1n) is 7.89. The molecule has 2 aromatic rings. The molecule has 1 N–H and O–H groups in total. The lowest BCUT2D eigenvalue weighted by molar-refractivity contribution is 0.0526. The number of methoxy groups -OCH3 is 2. The van der Waals surface area contributed by atoms with Gasteiger partial charge in [-0.1, -0.05) is 6.07 Å². The number of carbonyl (C=O) groups excluding carboxylic acids is 1. The van der Waals surface area contributed by atoms with Crippen LogP contribution in [0.25, 0.3) is 0 Å². The SMILES string of the molecule is CCOC(=O)c1ccc(S(=O)(=O)NCc2ccc(OC)c(OC)c2)cc1. The minimum Gasteiger partial charge on any atom is -0.493 e. The number of sulfonamides is 1. The van der Waals surface area contributed by atoms with E-state index in [9.17, 15) is 13.2 Å². The Morgan fingerprint density at radius 3 is 2.23 bits per heavy atom. The Bertz CT molecular complexity index is 862. The van der Waals surface area contributed by atoms with E-state index in [1.165, 1.54) is 38.5 Å². The quantitative estimate of drug-likeness (QED) is 0.708. The smallest absolute Gasteiger partial charge is 0.338 e. The third-order valence-electron chi connectivity index (χ3n) is 3.59. The number of benzene rings is 2. The maximum absolute atomic E-state index is 12.4. The van der Waals surface area contributed by atoms with E-state index in [4.69, 9.17) is 14.2 Å². The number of hydrogen-bond donors (Lipinski definition) is 1. The summed E-state index contributed by atoms with van der Waals surface area (Å²) < 4.78 is 42.6. The Balaban J connectivity index is 2.10. The number of rotatable bonds is 8. The summed E-state index contributed by atoms with van der Waals surface area (Å²) in [5.74, 6) is 0.589. The molecule has 0 bridgehead atoms. The Hall–Kier alpha value is -2.58. The zero-order chi connectivity index (χ0) is 19.2. The van der Waals surface area contributed by atoms with Gasteiger partial charge in [-0.2, -0.15) is 0 Å². The monoisotopic (exact) mass is 379 g/mol. The van der Waals surface area contributed by atoms with Gasteiger partial charge >= 0.3 is 5.97 Å². The van der Waals surface area contributed by atoms with Crippen LogP contribution in [0.3, 0.4) is 0 Å². The lowest BCUT2D eigenvalue weighted by atomic mass is 10.2. The van der Waals surface area contributed by atoms with Crippen molar-refractivity contribution >= 4 is 16.0 Å². The third kappa shape index (κ3) is 4.74. The Morgan fingerprint density at radius 2 is 1.65 bits per heavy atom. The third-order valence-corrected chi connectivity index (χ3v) is 5.01. The molecule has 0 radical (unpaired) electrons. The molecular weight excluding hydrogens is 358 g/mol. The number of hydrogen-bond acceptors (Lipinski definition) is 6. The van der Waals surface area contributed by atoms with E-state index in [0.29, 0.717) is 17.1 Å². The topological polar surface area (TPSA) is 90.9 Å². The summed E-state index contributed by atoms with van der Waals surface area (Å²) >= 11 is 0. The van der Waals surface area contributed by atoms with Gasteiger partial charge < -0.3 is 14.2 Å². The van der Waals surface area contributed by atoms with Crippen molar-refractivity contribution in [2.45, 2.75) is 18.4 Å². The van der Waals surface area contributed by atoms with E-state index >= 15 is 0 Å². The van der Waals surface area contributed by atoms with E-state index in [0.717, 1.165) is 5.56 Å². The van der Waals surface area contributed by atoms with Gasteiger partial charge in [0.05, 0.1) is 31.3 Å². The second-order valence-electron chi connectivity index (χ2n) is 5.26. The zero-order valence-corrected chi connectivity index (χ0v) is 15.6. The van der Waals surface area contributed by atoms with Crippen LogP contribution in [-0.4, -0.2) is 35.2 Å². The zero-order valence-electron chi connectivity index (χ0n) is 14.8. The molecule has 0 saturated carbocycles. The van der Waals surface area contributed by atoms with Crippen LogP contribution in [0.5, 0.6) is 11.5 Å². The summed E-state index contributed by atoms with van der Waals surface area (Å²) in [6.45, 7) is 2.04. The first-order valence-corrected chi connectivity index (χ1v) is 9.37. The number of ether oxygens (including phenoxy) is 3. The molecule has 140 valence electrons. The van der Waals surface area contributed by atoms with Gasteiger partial charge in [-0.15, -0.1) is 0 Å². The van der Waals surface area contributed by atoms with Crippen LogP contribution in [0.15, 0.2) is 47.4 Å². The van der Waals surface area contributed by atoms with E-state index < -0.39 is 16.0 Å². The second kappa shape index (κ2) is 8.68. The lowest BCUT2D eigenvalue weighted by Gasteiger charge is -2.11. The molecule has 0 aromatic heterocycles. The van der Waals surface area contributed by atoms with Gasteiger partial charge in [-0.25, -0.2) is 17.9 Å². The molecule has 0 heterocycles. The highest BCUT2D eigenvalue weighted by Gasteiger charge is 2.16. The Labute approximate surface area is 152 Å². The van der Waals surface area contributed by atoms with Crippen LogP contribution in [0, 0.1) is 0 Å². The van der Waals surface area contributed by atoms with E-state index in [1.807, 2.05) is 0 Å². The average Bonchev–Trinajstić information content (AvgIpc) is 2.66. The Morgan fingerprint density at radius 1 is 1.00 bits per heavy atom. The molecule has 0 amide bonds. The van der Waals surface area contributed by atoms with Crippen LogP contribution >= 0.6 is 0 Å². The predicted molar refractivity (Wildman–Crippen MR) is 96.0 cm³/mol. The Kier molecular flexibility index (Phi) is 6.59. The van der Waals surface area contributed by atoms with Crippen molar-refractivity contribution in [1.82, 2.24) is 4.72 Å². The van der Waals surface area contributed by atoms with E-state index in [1.54, 1.807) is 25.1 Å². The van der Waals surface area contributed by atoms with Gasteiger partial charge in [-0.05, 0) is 48.9 Å². The minimum atomic E-state index is -3.72. The summed E-state index contributed by atoms with van der Waals surface area (Å²) in [6, 6.07) is 10.7. The summed E-state index contributed by atoms with van der Waals surface area (Å²) in [6.07, 6.45) is 0. The molecule has 0 aliphatic carbocycles. The largest absolute Gasteiger partial charge is 0.493 e. The van der Waals surface area contributed by atoms with Gasteiger partial charge in [-0.3, -0.25) is 0 Å². The van der Waals surface area contributed by atoms with Crippen LogP contribution in [-0.2, 0) is 21.3 Å². The number of nitrogens with one attached hydrogen (secondary N) is 1.